The summed E-state index contributed by atoms with van der Waals surface area (Å²) in [6.45, 7) is 0. The number of pyridine rings is 3. The number of hydrogen-bond acceptors (Lipinski definition) is 5. The Bertz CT molecular complexity index is 1610. The second kappa shape index (κ2) is 7.02. The highest BCUT2D eigenvalue weighted by Crippen LogP contribution is 2.34. The van der Waals surface area contributed by atoms with Gasteiger partial charge in [-0.25, -0.2) is 18.7 Å². The van der Waals surface area contributed by atoms with Crippen molar-refractivity contribution in [3.8, 4) is 33.9 Å². The van der Waals surface area contributed by atoms with E-state index in [0.717, 1.165) is 0 Å². The molecule has 5 aromatic heterocycles. The minimum Gasteiger partial charge on any atom is -0.336 e. The summed E-state index contributed by atoms with van der Waals surface area (Å²) in [5, 5.41) is 7.20. The highest BCUT2D eigenvalue weighted by molar-refractivity contribution is 5.96. The van der Waals surface area contributed by atoms with Crippen LogP contribution < -0.4 is 0 Å². The van der Waals surface area contributed by atoms with E-state index < -0.39 is 11.6 Å². The van der Waals surface area contributed by atoms with Crippen molar-refractivity contribution in [3.63, 3.8) is 0 Å². The van der Waals surface area contributed by atoms with Crippen molar-refractivity contribution in [3.05, 3.63) is 78.9 Å². The van der Waals surface area contributed by atoms with Gasteiger partial charge in [-0.05, 0) is 24.3 Å². The zero-order valence-corrected chi connectivity index (χ0v) is 16.3. The molecular formula is C23H13F2N7. The molecule has 0 aliphatic carbocycles. The van der Waals surface area contributed by atoms with E-state index >= 15 is 4.39 Å². The van der Waals surface area contributed by atoms with Crippen LogP contribution in [0.4, 0.5) is 8.78 Å². The lowest BCUT2D eigenvalue weighted by molar-refractivity contribution is 0.631. The maximum atomic E-state index is 15.6. The third-order valence-corrected chi connectivity index (χ3v) is 5.25. The molecule has 6 aromatic rings. The van der Waals surface area contributed by atoms with Crippen molar-refractivity contribution in [2.75, 3.05) is 0 Å². The standard InChI is InChI=1S/C23H13F2N7/c24-15-6-2-1-5-13(15)19-20-16(7-9-27-19)29-23(30-20)21-17-18(25)14(11-28-22(17)32-31-21)12-4-3-8-26-10-12/h1-11H,(H,29,30)(H,28,31,32). The molecule has 0 saturated carbocycles. The molecule has 0 aliphatic heterocycles. The molecule has 0 fully saturated rings. The van der Waals surface area contributed by atoms with Crippen LogP contribution in [0, 0.1) is 11.6 Å². The second-order valence-electron chi connectivity index (χ2n) is 7.14. The quantitative estimate of drug-likeness (QED) is 0.420. The number of hydrogen-bond donors (Lipinski definition) is 2. The fourth-order valence-corrected chi connectivity index (χ4v) is 3.75. The molecule has 5 heterocycles. The maximum absolute atomic E-state index is 15.6. The summed E-state index contributed by atoms with van der Waals surface area (Å²) in [6.07, 6.45) is 6.19. The fourth-order valence-electron chi connectivity index (χ4n) is 3.75. The molecule has 1 aromatic carbocycles. The molecule has 0 bridgehead atoms. The third kappa shape index (κ3) is 2.75. The zero-order chi connectivity index (χ0) is 21.7. The number of benzene rings is 1. The average Bonchev–Trinajstić information content (AvgIpc) is 3.45. The van der Waals surface area contributed by atoms with Crippen molar-refractivity contribution < 1.29 is 8.78 Å². The van der Waals surface area contributed by atoms with E-state index in [1.54, 1.807) is 55.0 Å². The Balaban J connectivity index is 1.56. The SMILES string of the molecule is Fc1ccccc1-c1nccc2[nH]c(-c3n[nH]c4ncc(-c5cccnc5)c(F)c34)nc12. The highest BCUT2D eigenvalue weighted by Gasteiger charge is 2.21. The van der Waals surface area contributed by atoms with Crippen molar-refractivity contribution in [1.29, 1.82) is 0 Å². The molecule has 0 aliphatic rings. The molecule has 0 atom stereocenters. The summed E-state index contributed by atoms with van der Waals surface area (Å²) in [7, 11) is 0. The molecular weight excluding hydrogens is 412 g/mol. The lowest BCUT2D eigenvalue weighted by Crippen LogP contribution is -1.91. The number of nitrogens with one attached hydrogen (secondary N) is 2. The van der Waals surface area contributed by atoms with E-state index in [0.29, 0.717) is 39.2 Å². The second-order valence-corrected chi connectivity index (χ2v) is 7.14. The fraction of sp³-hybridized carbons (Fsp3) is 0. The number of imidazole rings is 1. The smallest absolute Gasteiger partial charge is 0.159 e. The van der Waals surface area contributed by atoms with Gasteiger partial charge in [-0.2, -0.15) is 5.10 Å². The largest absolute Gasteiger partial charge is 0.336 e. The van der Waals surface area contributed by atoms with Gasteiger partial charge in [0.1, 0.15) is 28.5 Å². The lowest BCUT2D eigenvalue weighted by atomic mass is 10.1. The van der Waals surface area contributed by atoms with Gasteiger partial charge in [0.05, 0.1) is 10.9 Å². The van der Waals surface area contributed by atoms with Gasteiger partial charge < -0.3 is 4.98 Å². The first-order valence-corrected chi connectivity index (χ1v) is 9.73. The molecule has 6 rings (SSSR count). The molecule has 154 valence electrons. The highest BCUT2D eigenvalue weighted by atomic mass is 19.1. The zero-order valence-electron chi connectivity index (χ0n) is 16.3. The van der Waals surface area contributed by atoms with Crippen LogP contribution in [0.1, 0.15) is 0 Å². The Morgan fingerprint density at radius 1 is 0.812 bits per heavy atom. The number of nitrogens with zero attached hydrogens (tertiary/aromatic N) is 5. The number of halogens is 2. The van der Waals surface area contributed by atoms with Crippen LogP contribution >= 0.6 is 0 Å². The monoisotopic (exact) mass is 425 g/mol. The first-order valence-electron chi connectivity index (χ1n) is 9.73. The Kier molecular flexibility index (Phi) is 4.00. The van der Waals surface area contributed by atoms with E-state index in [-0.39, 0.29) is 16.7 Å². The number of aromatic amines is 2. The average molecular weight is 425 g/mol. The Labute approximate surface area is 179 Å². The van der Waals surface area contributed by atoms with Crippen LogP contribution in [0.5, 0.6) is 0 Å². The number of rotatable bonds is 3. The molecule has 2 N–H and O–H groups in total. The van der Waals surface area contributed by atoms with Gasteiger partial charge in [-0.15, -0.1) is 0 Å². The van der Waals surface area contributed by atoms with Gasteiger partial charge in [0.2, 0.25) is 0 Å². The van der Waals surface area contributed by atoms with E-state index in [2.05, 4.69) is 35.1 Å². The maximum Gasteiger partial charge on any atom is 0.159 e. The molecule has 0 saturated heterocycles. The summed E-state index contributed by atoms with van der Waals surface area (Å²) in [5.74, 6) is -0.570. The van der Waals surface area contributed by atoms with Crippen LogP contribution in [-0.4, -0.2) is 35.1 Å². The summed E-state index contributed by atoms with van der Waals surface area (Å²) >= 11 is 0. The Hall–Kier alpha value is -4.53. The van der Waals surface area contributed by atoms with Crippen molar-refractivity contribution >= 4 is 22.1 Å². The molecule has 9 heteroatoms. The van der Waals surface area contributed by atoms with Crippen molar-refractivity contribution in [2.45, 2.75) is 0 Å². The predicted molar refractivity (Wildman–Crippen MR) is 115 cm³/mol. The van der Waals surface area contributed by atoms with Crippen LogP contribution in [0.25, 0.3) is 56.0 Å². The molecule has 7 nitrogen and oxygen atoms in total. The Morgan fingerprint density at radius 2 is 1.72 bits per heavy atom. The normalized spacial score (nSPS) is 11.4. The Morgan fingerprint density at radius 3 is 2.56 bits per heavy atom. The molecule has 0 spiro atoms. The van der Waals surface area contributed by atoms with E-state index in [4.69, 9.17) is 0 Å². The molecule has 0 amide bonds. The van der Waals surface area contributed by atoms with Crippen LogP contribution in [0.15, 0.2) is 67.3 Å². The number of fused-ring (bicyclic) bond motifs is 2. The topological polar surface area (TPSA) is 96.0 Å². The van der Waals surface area contributed by atoms with E-state index in [1.165, 1.54) is 12.3 Å². The summed E-state index contributed by atoms with van der Waals surface area (Å²) in [5.41, 5.74) is 3.26. The van der Waals surface area contributed by atoms with E-state index in [1.807, 2.05) is 0 Å². The van der Waals surface area contributed by atoms with Crippen LogP contribution in [0.2, 0.25) is 0 Å². The van der Waals surface area contributed by atoms with Gasteiger partial charge in [0, 0.05) is 41.5 Å². The van der Waals surface area contributed by atoms with Crippen molar-refractivity contribution in [1.82, 2.24) is 35.1 Å². The summed E-state index contributed by atoms with van der Waals surface area (Å²) in [4.78, 5) is 20.4. The molecule has 32 heavy (non-hydrogen) atoms. The predicted octanol–water partition coefficient (Wildman–Crippen LogP) is 4.90. The molecule has 0 radical (unpaired) electrons. The first-order chi connectivity index (χ1) is 15.7. The minimum absolute atomic E-state index is 0.200. The third-order valence-electron chi connectivity index (χ3n) is 5.25. The summed E-state index contributed by atoms with van der Waals surface area (Å²) < 4.78 is 29.9. The number of H-pyrrole nitrogens is 2. The molecule has 0 unspecified atom stereocenters. The van der Waals surface area contributed by atoms with Gasteiger partial charge in [-0.3, -0.25) is 15.1 Å². The first kappa shape index (κ1) is 18.3. The van der Waals surface area contributed by atoms with E-state index in [9.17, 15) is 4.39 Å². The van der Waals surface area contributed by atoms with Crippen molar-refractivity contribution in [2.24, 2.45) is 0 Å². The van der Waals surface area contributed by atoms with Gasteiger partial charge in [-0.1, -0.05) is 18.2 Å². The van der Waals surface area contributed by atoms with Crippen LogP contribution in [0.3, 0.4) is 0 Å². The van der Waals surface area contributed by atoms with Gasteiger partial charge >= 0.3 is 0 Å². The van der Waals surface area contributed by atoms with Gasteiger partial charge in [0.15, 0.2) is 11.5 Å². The number of aromatic nitrogens is 7. The lowest BCUT2D eigenvalue weighted by Gasteiger charge is -2.03. The minimum atomic E-state index is -0.486. The van der Waals surface area contributed by atoms with Crippen LogP contribution in [-0.2, 0) is 0 Å². The summed E-state index contributed by atoms with van der Waals surface area (Å²) in [6, 6.07) is 11.6. The van der Waals surface area contributed by atoms with Gasteiger partial charge in [0.25, 0.3) is 0 Å².